The number of hydrogen-bond donors (Lipinski definition) is 1. The molecule has 0 aromatic rings. The van der Waals surface area contributed by atoms with Crippen molar-refractivity contribution in [2.24, 2.45) is 0 Å². The van der Waals surface area contributed by atoms with Crippen LogP contribution in [-0.2, 0) is 14.3 Å². The van der Waals surface area contributed by atoms with Gasteiger partial charge in [-0.3, -0.25) is 4.79 Å². The molecule has 116 valence electrons. The maximum Gasteiger partial charge on any atom is 0.326 e. The zero-order chi connectivity index (χ0) is 14.4. The summed E-state index contributed by atoms with van der Waals surface area (Å²) in [6.45, 7) is 3.24. The first-order chi connectivity index (χ1) is 9.70. The number of carbonyl (C=O) groups is 1. The van der Waals surface area contributed by atoms with Crippen LogP contribution in [0.3, 0.4) is 0 Å². The lowest BCUT2D eigenvalue weighted by molar-refractivity contribution is -0.152. The van der Waals surface area contributed by atoms with Gasteiger partial charge in [-0.25, -0.2) is 0 Å². The van der Waals surface area contributed by atoms with Crippen molar-refractivity contribution >= 4 is 17.7 Å². The average molecular weight is 301 g/mol. The van der Waals surface area contributed by atoms with Gasteiger partial charge in [-0.15, -0.1) is 0 Å². The number of rotatable bonds is 6. The van der Waals surface area contributed by atoms with Gasteiger partial charge in [0, 0.05) is 17.6 Å². The van der Waals surface area contributed by atoms with Crippen molar-refractivity contribution < 1.29 is 14.3 Å². The molecule has 3 unspecified atom stereocenters. The maximum atomic E-state index is 12.2. The van der Waals surface area contributed by atoms with Crippen LogP contribution in [0.5, 0.6) is 0 Å². The highest BCUT2D eigenvalue weighted by Gasteiger charge is 2.43. The summed E-state index contributed by atoms with van der Waals surface area (Å²) in [6.07, 6.45) is 6.85. The molecule has 2 rings (SSSR count). The Balaban J connectivity index is 1.86. The van der Waals surface area contributed by atoms with Gasteiger partial charge in [0.05, 0.1) is 12.7 Å². The van der Waals surface area contributed by atoms with Crippen LogP contribution in [-0.4, -0.2) is 48.9 Å². The van der Waals surface area contributed by atoms with Crippen LogP contribution in [0.1, 0.15) is 45.4 Å². The fourth-order valence-electron chi connectivity index (χ4n) is 3.17. The molecule has 0 spiro atoms. The van der Waals surface area contributed by atoms with E-state index in [4.69, 9.17) is 9.47 Å². The van der Waals surface area contributed by atoms with Crippen molar-refractivity contribution in [3.63, 3.8) is 0 Å². The highest BCUT2D eigenvalue weighted by Crippen LogP contribution is 2.36. The minimum absolute atomic E-state index is 0.0788. The molecule has 5 heteroatoms. The fraction of sp³-hybridized carbons (Fsp3) is 0.933. The van der Waals surface area contributed by atoms with E-state index in [1.54, 1.807) is 0 Å². The molecule has 1 N–H and O–H groups in total. The third-order valence-electron chi connectivity index (χ3n) is 4.39. The summed E-state index contributed by atoms with van der Waals surface area (Å²) in [5.74, 6) is 0.984. The van der Waals surface area contributed by atoms with Crippen LogP contribution in [0.2, 0.25) is 0 Å². The second kappa shape index (κ2) is 7.66. The van der Waals surface area contributed by atoms with Crippen LogP contribution < -0.4 is 5.32 Å². The second-order valence-electron chi connectivity index (χ2n) is 5.74. The molecule has 1 saturated carbocycles. The first-order valence-electron chi connectivity index (χ1n) is 7.79. The predicted molar refractivity (Wildman–Crippen MR) is 82.1 cm³/mol. The Bertz CT molecular complexity index is 320. The van der Waals surface area contributed by atoms with Gasteiger partial charge in [-0.1, -0.05) is 0 Å². The average Bonchev–Trinajstić information content (AvgIpc) is 2.99. The monoisotopic (exact) mass is 301 g/mol. The van der Waals surface area contributed by atoms with Crippen molar-refractivity contribution in [2.75, 3.05) is 26.0 Å². The Morgan fingerprint density at radius 3 is 2.95 bits per heavy atom. The number of hydrogen-bond acceptors (Lipinski definition) is 5. The van der Waals surface area contributed by atoms with Crippen molar-refractivity contribution in [3.05, 3.63) is 0 Å². The van der Waals surface area contributed by atoms with Crippen molar-refractivity contribution in [1.82, 2.24) is 5.32 Å². The molecule has 0 amide bonds. The zero-order valence-corrected chi connectivity index (χ0v) is 13.5. The van der Waals surface area contributed by atoms with Crippen LogP contribution in [0.25, 0.3) is 0 Å². The third kappa shape index (κ3) is 3.89. The van der Waals surface area contributed by atoms with Crippen LogP contribution >= 0.6 is 11.8 Å². The number of esters is 1. The molecule has 2 aliphatic rings. The number of likely N-dealkylation sites (N-methyl/N-ethyl adjacent to an activating group) is 1. The van der Waals surface area contributed by atoms with Gasteiger partial charge in [-0.05, 0) is 52.5 Å². The molecular formula is C15H27NO3S. The normalized spacial score (nSPS) is 34.1. The van der Waals surface area contributed by atoms with E-state index in [0.29, 0.717) is 18.0 Å². The molecule has 0 aromatic carbocycles. The van der Waals surface area contributed by atoms with Gasteiger partial charge in [0.2, 0.25) is 0 Å². The van der Waals surface area contributed by atoms with Gasteiger partial charge in [0.25, 0.3) is 0 Å². The van der Waals surface area contributed by atoms with Gasteiger partial charge in [0.15, 0.2) is 0 Å². The Kier molecular flexibility index (Phi) is 6.18. The van der Waals surface area contributed by atoms with E-state index in [2.05, 4.69) is 5.32 Å². The highest BCUT2D eigenvalue weighted by atomic mass is 32.2. The molecule has 0 aromatic heterocycles. The first kappa shape index (κ1) is 16.1. The number of nitrogens with one attached hydrogen (secondary N) is 1. The molecule has 0 bridgehead atoms. The summed E-state index contributed by atoms with van der Waals surface area (Å²) in [5, 5.41) is 3.77. The molecule has 1 saturated heterocycles. The summed E-state index contributed by atoms with van der Waals surface area (Å²) in [4.78, 5) is 12.2. The zero-order valence-electron chi connectivity index (χ0n) is 12.7. The van der Waals surface area contributed by atoms with E-state index in [9.17, 15) is 4.79 Å². The quantitative estimate of drug-likeness (QED) is 0.763. The molecule has 4 nitrogen and oxygen atoms in total. The number of carbonyl (C=O) groups excluding carboxylic acids is 1. The minimum atomic E-state index is -0.470. The highest BCUT2D eigenvalue weighted by molar-refractivity contribution is 7.99. The standard InChI is InChI=1S/C15H27NO3S/c1-3-18-14(17)15(16-2)8-4-7-13(10-15)20-11-12-6-5-9-19-12/h12-13,16H,3-11H2,1-2H3. The van der Waals surface area contributed by atoms with Gasteiger partial charge in [-0.2, -0.15) is 11.8 Å². The Morgan fingerprint density at radius 2 is 2.30 bits per heavy atom. The fourth-order valence-corrected chi connectivity index (χ4v) is 4.65. The lowest BCUT2D eigenvalue weighted by Crippen LogP contribution is -2.54. The number of ether oxygens (including phenoxy) is 2. The summed E-state index contributed by atoms with van der Waals surface area (Å²) < 4.78 is 10.9. The lowest BCUT2D eigenvalue weighted by atomic mass is 9.81. The van der Waals surface area contributed by atoms with Crippen LogP contribution in [0, 0.1) is 0 Å². The van der Waals surface area contributed by atoms with E-state index in [0.717, 1.165) is 31.6 Å². The lowest BCUT2D eigenvalue weighted by Gasteiger charge is -2.38. The van der Waals surface area contributed by atoms with Crippen molar-refractivity contribution in [2.45, 2.75) is 62.3 Å². The first-order valence-corrected chi connectivity index (χ1v) is 8.84. The summed E-state index contributed by atoms with van der Waals surface area (Å²) >= 11 is 1.98. The molecule has 1 heterocycles. The van der Waals surface area contributed by atoms with Crippen LogP contribution in [0.15, 0.2) is 0 Å². The van der Waals surface area contributed by atoms with Crippen molar-refractivity contribution in [3.8, 4) is 0 Å². The van der Waals surface area contributed by atoms with Gasteiger partial charge >= 0.3 is 5.97 Å². The van der Waals surface area contributed by atoms with Gasteiger partial charge < -0.3 is 14.8 Å². The number of thioether (sulfide) groups is 1. The molecular weight excluding hydrogens is 274 g/mol. The SMILES string of the molecule is CCOC(=O)C1(NC)CCCC(SCC2CCCO2)C1. The van der Waals surface area contributed by atoms with Gasteiger partial charge in [0.1, 0.15) is 5.54 Å². The molecule has 20 heavy (non-hydrogen) atoms. The van der Waals surface area contributed by atoms with E-state index in [-0.39, 0.29) is 5.97 Å². The predicted octanol–water partition coefficient (Wildman–Crippen LogP) is 2.36. The molecule has 1 aliphatic heterocycles. The largest absolute Gasteiger partial charge is 0.465 e. The molecule has 1 aliphatic carbocycles. The minimum Gasteiger partial charge on any atom is -0.465 e. The summed E-state index contributed by atoms with van der Waals surface area (Å²) in [7, 11) is 1.88. The summed E-state index contributed by atoms with van der Waals surface area (Å²) in [5.41, 5.74) is -0.470. The van der Waals surface area contributed by atoms with Crippen LogP contribution in [0.4, 0.5) is 0 Å². The Labute approximate surface area is 126 Å². The van der Waals surface area contributed by atoms with E-state index >= 15 is 0 Å². The Morgan fingerprint density at radius 1 is 1.45 bits per heavy atom. The second-order valence-corrected chi connectivity index (χ2v) is 7.07. The van der Waals surface area contributed by atoms with E-state index < -0.39 is 5.54 Å². The van der Waals surface area contributed by atoms with E-state index in [1.807, 2.05) is 25.7 Å². The molecule has 3 atom stereocenters. The van der Waals surface area contributed by atoms with Crippen molar-refractivity contribution in [1.29, 1.82) is 0 Å². The summed E-state index contributed by atoms with van der Waals surface area (Å²) in [6, 6.07) is 0. The smallest absolute Gasteiger partial charge is 0.326 e. The Hall–Kier alpha value is -0.260. The molecule has 2 fully saturated rings. The van der Waals surface area contributed by atoms with E-state index in [1.165, 1.54) is 19.3 Å². The maximum absolute atomic E-state index is 12.2. The third-order valence-corrected chi connectivity index (χ3v) is 5.83. The molecule has 0 radical (unpaired) electrons. The topological polar surface area (TPSA) is 47.6 Å².